The number of hydrogen-bond donors (Lipinski definition) is 2. The molecule has 5 aromatic carbocycles. The van der Waals surface area contributed by atoms with Gasteiger partial charge < -0.3 is 24.8 Å². The highest BCUT2D eigenvalue weighted by atomic mass is 35.5. The lowest BCUT2D eigenvalue weighted by Gasteiger charge is -2.27. The molecule has 0 bridgehead atoms. The molecule has 1 aliphatic heterocycles. The van der Waals surface area contributed by atoms with Gasteiger partial charge in [-0.15, -0.1) is 0 Å². The Morgan fingerprint density at radius 3 is 1.26 bits per heavy atom. The summed E-state index contributed by atoms with van der Waals surface area (Å²) in [4.78, 5) is 14.2. The van der Waals surface area contributed by atoms with Gasteiger partial charge >= 0.3 is 5.97 Å². The van der Waals surface area contributed by atoms with E-state index in [0.29, 0.717) is 23.6 Å². The number of cyclic esters (lactones) is 1. The van der Waals surface area contributed by atoms with E-state index < -0.39 is 11.6 Å². The van der Waals surface area contributed by atoms with Crippen molar-refractivity contribution in [3.05, 3.63) is 163 Å². The maximum atomic E-state index is 14.2. The first kappa shape index (κ1) is 43.0. The van der Waals surface area contributed by atoms with Crippen LogP contribution in [0.5, 0.6) is 11.5 Å². The van der Waals surface area contributed by atoms with Gasteiger partial charge in [0.15, 0.2) is 5.60 Å². The fourth-order valence-corrected chi connectivity index (χ4v) is 8.35. The maximum absolute atomic E-state index is 14.2. The second kappa shape index (κ2) is 19.0. The fourth-order valence-electron chi connectivity index (χ4n) is 7.28. The minimum Gasteiger partial charge on any atom is -0.497 e. The van der Waals surface area contributed by atoms with Crippen LogP contribution in [0, 0.1) is 0 Å². The molecule has 1 heterocycles. The summed E-state index contributed by atoms with van der Waals surface area (Å²) in [5, 5.41) is 7.26. The van der Waals surface area contributed by atoms with Crippen molar-refractivity contribution in [1.29, 1.82) is 0 Å². The zero-order chi connectivity index (χ0) is 41.6. The van der Waals surface area contributed by atoms with Crippen molar-refractivity contribution in [3.63, 3.8) is 0 Å². The highest BCUT2D eigenvalue weighted by Crippen LogP contribution is 2.53. The SMILES string of the molecule is CCC(CC)Nc1ccc(/C(=C/C2(/C=C(/c3ccc(NC(CC)CC)cc3)c3ccc(OC)cc3)OC(=O)c3c(Cl)c(Cl)c(Cl)c(Cl)c32)c2ccc(OC)cc2)cc1. The molecule has 1 aliphatic rings. The Balaban J connectivity index is 1.67. The number of nitrogens with one attached hydrogen (secondary N) is 2. The number of fused-ring (bicyclic) bond motifs is 1. The van der Waals surface area contributed by atoms with Crippen molar-refractivity contribution < 1.29 is 19.0 Å². The summed E-state index contributed by atoms with van der Waals surface area (Å²) in [5.74, 6) is 0.700. The Bertz CT molecular complexity index is 2160. The number of ether oxygens (including phenoxy) is 3. The van der Waals surface area contributed by atoms with E-state index in [0.717, 1.165) is 70.5 Å². The summed E-state index contributed by atoms with van der Waals surface area (Å²) in [5.41, 5.74) is 5.60. The Kier molecular flexibility index (Phi) is 14.1. The van der Waals surface area contributed by atoms with Crippen LogP contribution in [0.4, 0.5) is 11.4 Å². The van der Waals surface area contributed by atoms with Crippen LogP contribution in [-0.2, 0) is 10.3 Å². The molecule has 0 fully saturated rings. The van der Waals surface area contributed by atoms with E-state index >= 15 is 0 Å². The quantitative estimate of drug-likeness (QED) is 0.0585. The molecule has 0 aromatic heterocycles. The monoisotopic (exact) mass is 856 g/mol. The van der Waals surface area contributed by atoms with Crippen LogP contribution in [0.25, 0.3) is 11.1 Å². The van der Waals surface area contributed by atoms with Gasteiger partial charge in [-0.05, 0) is 120 Å². The molecule has 6 rings (SSSR count). The van der Waals surface area contributed by atoms with E-state index in [-0.39, 0.29) is 31.2 Å². The molecule has 6 nitrogen and oxygen atoms in total. The molecule has 58 heavy (non-hydrogen) atoms. The maximum Gasteiger partial charge on any atom is 0.341 e. The number of methoxy groups -OCH3 is 2. The number of hydrogen-bond acceptors (Lipinski definition) is 6. The number of rotatable bonds is 16. The molecule has 0 unspecified atom stereocenters. The predicted octanol–water partition coefficient (Wildman–Crippen LogP) is 14.1. The Hall–Kier alpha value is -4.59. The number of benzene rings is 5. The molecule has 2 N–H and O–H groups in total. The lowest BCUT2D eigenvalue weighted by atomic mass is 9.83. The molecule has 5 aromatic rings. The summed E-state index contributed by atoms with van der Waals surface area (Å²) in [6.45, 7) is 8.68. The van der Waals surface area contributed by atoms with Crippen molar-refractivity contribution in [2.24, 2.45) is 0 Å². The first-order valence-electron chi connectivity index (χ1n) is 19.6. The van der Waals surface area contributed by atoms with Crippen molar-refractivity contribution >= 4 is 74.9 Å². The van der Waals surface area contributed by atoms with Gasteiger partial charge in [0.05, 0.1) is 39.9 Å². The Labute approximate surface area is 362 Å². The molecular weight excluding hydrogens is 810 g/mol. The van der Waals surface area contributed by atoms with Crippen molar-refractivity contribution in [2.45, 2.75) is 71.1 Å². The Morgan fingerprint density at radius 2 is 0.914 bits per heavy atom. The number of anilines is 2. The summed E-state index contributed by atoms with van der Waals surface area (Å²) in [6.07, 6.45) is 7.83. The Morgan fingerprint density at radius 1 is 0.569 bits per heavy atom. The van der Waals surface area contributed by atoms with E-state index in [9.17, 15) is 4.79 Å². The van der Waals surface area contributed by atoms with E-state index in [1.807, 2.05) is 60.7 Å². The highest BCUT2D eigenvalue weighted by molar-refractivity contribution is 6.53. The summed E-state index contributed by atoms with van der Waals surface area (Å²) >= 11 is 27.4. The summed E-state index contributed by atoms with van der Waals surface area (Å²) in [7, 11) is 3.25. The van der Waals surface area contributed by atoms with Gasteiger partial charge in [-0.25, -0.2) is 4.79 Å². The fraction of sp³-hybridized carbons (Fsp3) is 0.271. The highest BCUT2D eigenvalue weighted by Gasteiger charge is 2.48. The van der Waals surface area contributed by atoms with Gasteiger partial charge in [0.1, 0.15) is 11.5 Å². The van der Waals surface area contributed by atoms with Crippen LogP contribution in [0.2, 0.25) is 20.1 Å². The molecule has 302 valence electrons. The largest absolute Gasteiger partial charge is 0.497 e. The number of carbonyl (C=O) groups excluding carboxylic acids is 1. The van der Waals surface area contributed by atoms with Gasteiger partial charge in [-0.2, -0.15) is 0 Å². The topological polar surface area (TPSA) is 68.8 Å². The minimum atomic E-state index is -1.65. The molecule has 0 saturated carbocycles. The average Bonchev–Trinajstić information content (AvgIpc) is 3.55. The first-order valence-corrected chi connectivity index (χ1v) is 21.1. The minimum absolute atomic E-state index is 0.0159. The van der Waals surface area contributed by atoms with E-state index in [1.54, 1.807) is 14.2 Å². The zero-order valence-electron chi connectivity index (χ0n) is 33.5. The van der Waals surface area contributed by atoms with Gasteiger partial charge in [0.2, 0.25) is 0 Å². The third-order valence-electron chi connectivity index (χ3n) is 10.7. The van der Waals surface area contributed by atoms with E-state index in [4.69, 9.17) is 60.6 Å². The first-order chi connectivity index (χ1) is 28.0. The van der Waals surface area contributed by atoms with Crippen LogP contribution in [-0.4, -0.2) is 32.3 Å². The zero-order valence-corrected chi connectivity index (χ0v) is 36.5. The van der Waals surface area contributed by atoms with Crippen LogP contribution >= 0.6 is 46.4 Å². The van der Waals surface area contributed by atoms with Gasteiger partial charge in [-0.3, -0.25) is 0 Å². The third kappa shape index (κ3) is 9.01. The van der Waals surface area contributed by atoms with Crippen LogP contribution in [0.1, 0.15) is 91.6 Å². The van der Waals surface area contributed by atoms with Crippen molar-refractivity contribution in [2.75, 3.05) is 24.9 Å². The predicted molar refractivity (Wildman–Crippen MR) is 243 cm³/mol. The average molecular weight is 859 g/mol. The molecule has 0 amide bonds. The lowest BCUT2D eigenvalue weighted by molar-refractivity contribution is 0.0300. The van der Waals surface area contributed by atoms with Crippen LogP contribution < -0.4 is 20.1 Å². The van der Waals surface area contributed by atoms with E-state index in [1.165, 1.54) is 0 Å². The molecule has 0 atom stereocenters. The normalized spacial score (nSPS) is 13.8. The smallest absolute Gasteiger partial charge is 0.341 e. The van der Waals surface area contributed by atoms with Gasteiger partial charge in [0.25, 0.3) is 0 Å². The molecule has 0 spiro atoms. The number of halogens is 4. The molecular formula is C48H48Cl4N2O4. The second-order valence-electron chi connectivity index (χ2n) is 14.2. The molecule has 0 saturated heterocycles. The van der Waals surface area contributed by atoms with E-state index in [2.05, 4.69) is 86.9 Å². The van der Waals surface area contributed by atoms with Crippen molar-refractivity contribution in [3.8, 4) is 11.5 Å². The third-order valence-corrected chi connectivity index (χ3v) is 12.5. The van der Waals surface area contributed by atoms with Crippen molar-refractivity contribution in [1.82, 2.24) is 0 Å². The number of carbonyl (C=O) groups is 1. The summed E-state index contributed by atoms with van der Waals surface area (Å²) in [6, 6.07) is 32.6. The van der Waals surface area contributed by atoms with Gasteiger partial charge in [0, 0.05) is 29.0 Å². The van der Waals surface area contributed by atoms with Crippen LogP contribution in [0.15, 0.2) is 109 Å². The lowest BCUT2D eigenvalue weighted by Crippen LogP contribution is -2.23. The number of esters is 1. The summed E-state index contributed by atoms with van der Waals surface area (Å²) < 4.78 is 17.6. The molecule has 0 radical (unpaired) electrons. The molecule has 0 aliphatic carbocycles. The second-order valence-corrected chi connectivity index (χ2v) is 15.7. The molecule has 10 heteroatoms. The van der Waals surface area contributed by atoms with Crippen LogP contribution in [0.3, 0.4) is 0 Å². The standard InChI is InChI=1S/C48H48Cl4N2O4/c1-7-33(8-2)53-35-19-11-29(12-20-35)39(31-15-23-37(56-5)24-16-31)27-48(42-41(47(55)58-48)43(49)45(51)46(52)44(42)50)28-40(32-17-25-38(57-6)26-18-32)30-13-21-36(22-14-30)54-34(9-3)10-4/h11-28,33-34,53-54H,7-10H2,1-6H3/b39-27-,40-28-. The van der Waals surface area contributed by atoms with Gasteiger partial charge in [-0.1, -0.05) is 123 Å².